The summed E-state index contributed by atoms with van der Waals surface area (Å²) >= 11 is 0. The number of fused-ring (bicyclic) bond motifs is 2. The van der Waals surface area contributed by atoms with E-state index >= 15 is 0 Å². The third kappa shape index (κ3) is 10.2. The molecule has 0 saturated carbocycles. The van der Waals surface area contributed by atoms with Crippen LogP contribution in [0.25, 0.3) is 55.4 Å². The van der Waals surface area contributed by atoms with Crippen molar-refractivity contribution in [2.24, 2.45) is 0 Å². The molecule has 16 heteroatoms. The normalized spacial score (nSPS) is 15.8. The van der Waals surface area contributed by atoms with Crippen molar-refractivity contribution in [1.82, 2.24) is 30.9 Å². The van der Waals surface area contributed by atoms with Gasteiger partial charge in [-0.3, -0.25) is 20.2 Å². The van der Waals surface area contributed by atoms with Crippen molar-refractivity contribution >= 4 is 23.3 Å². The average Bonchev–Trinajstić information content (AvgIpc) is 4.14. The summed E-state index contributed by atoms with van der Waals surface area (Å²) in [7, 11) is 1.39. The minimum Gasteiger partial charge on any atom is -0.502 e. The number of hydrogen-bond acceptors (Lipinski definition) is 13. The molecule has 4 atom stereocenters. The quantitative estimate of drug-likeness (QED) is 0.0692. The average molecular weight is 879 g/mol. The first-order valence-electron chi connectivity index (χ1n) is 21.4. The van der Waals surface area contributed by atoms with Crippen molar-refractivity contribution in [3.8, 4) is 57.2 Å². The van der Waals surface area contributed by atoms with Gasteiger partial charge in [0.1, 0.15) is 23.6 Å². The number of carbonyl (C=O) groups is 2. The first kappa shape index (κ1) is 45.6. The maximum atomic E-state index is 11.8. The van der Waals surface area contributed by atoms with Crippen LogP contribution in [0.2, 0.25) is 0 Å². The van der Waals surface area contributed by atoms with Crippen molar-refractivity contribution in [3.63, 3.8) is 0 Å². The molecule has 2 aliphatic rings. The molecule has 2 aliphatic carbocycles. The highest BCUT2D eigenvalue weighted by Gasteiger charge is 2.31. The minimum atomic E-state index is -0.874. The van der Waals surface area contributed by atoms with Crippen LogP contribution in [0.5, 0.6) is 11.5 Å². The zero-order valence-electron chi connectivity index (χ0n) is 37.2. The molecule has 0 bridgehead atoms. The molecule has 0 saturated heterocycles. The lowest BCUT2D eigenvalue weighted by Crippen LogP contribution is -2.36. The molecule has 65 heavy (non-hydrogen) atoms. The molecular formula is C49H50N8O8. The highest BCUT2D eigenvalue weighted by Crippen LogP contribution is 2.40. The number of aromatic nitrogens is 4. The fourth-order valence-electron chi connectivity index (χ4n) is 8.08. The highest BCUT2D eigenvalue weighted by atomic mass is 16.5. The smallest absolute Gasteiger partial charge is 0.322 e. The van der Waals surface area contributed by atoms with E-state index in [2.05, 4.69) is 46.7 Å². The summed E-state index contributed by atoms with van der Waals surface area (Å²) in [5, 5.41) is 24.1. The van der Waals surface area contributed by atoms with Gasteiger partial charge in [0.15, 0.2) is 0 Å². The molecule has 0 radical (unpaired) electrons. The number of hydrogen-bond donors (Lipinski definition) is 3. The van der Waals surface area contributed by atoms with Crippen LogP contribution in [-0.4, -0.2) is 68.7 Å². The van der Waals surface area contributed by atoms with Gasteiger partial charge >= 0.3 is 11.9 Å². The van der Waals surface area contributed by atoms with Crippen molar-refractivity contribution in [1.29, 1.82) is 0 Å². The topological polar surface area (TPSA) is 193 Å². The van der Waals surface area contributed by atoms with E-state index in [4.69, 9.17) is 36.4 Å². The molecule has 16 nitrogen and oxygen atoms in total. The summed E-state index contributed by atoms with van der Waals surface area (Å²) in [4.78, 5) is 39.3. The Kier molecular flexibility index (Phi) is 14.0. The van der Waals surface area contributed by atoms with Gasteiger partial charge in [0, 0.05) is 34.3 Å². The van der Waals surface area contributed by atoms with Crippen molar-refractivity contribution in [3.05, 3.63) is 118 Å². The summed E-state index contributed by atoms with van der Waals surface area (Å²) < 4.78 is 27.3. The largest absolute Gasteiger partial charge is 0.502 e. The van der Waals surface area contributed by atoms with E-state index < -0.39 is 18.1 Å². The van der Waals surface area contributed by atoms with Gasteiger partial charge in [0.2, 0.25) is 23.0 Å². The number of methoxy groups -OCH3 is 1. The number of carboxylic acids is 1. The molecule has 0 amide bonds. The Morgan fingerprint density at radius 3 is 1.54 bits per heavy atom. The standard InChI is InChI=1S/C25H26N4O4.C24H24N4O4/c1-14(2)32-22-12-9-16(13-21(22)26-4)24-28-23(29-33-24)19-8-6-7-18-17(19)10-11-20(18)27-15(3)25(30)31-5;1-13(2)31-21-11-8-15(12-20(21)25-4)23-27-22(28-32-23)18-7-5-6-17-16(18)9-10-19(17)26-14(3)24(29)30/h6-9,12-15,20,27H,10-11H2,1-3,5H3;5-8,11-14,19,26H,9-10H2,1-3H3,(H,29,30)/t15-,20-;14-,19-/m00/s1. The lowest BCUT2D eigenvalue weighted by Gasteiger charge is -2.18. The Balaban J connectivity index is 0.000000194. The van der Waals surface area contributed by atoms with Gasteiger partial charge in [-0.15, -0.1) is 0 Å². The number of benzene rings is 4. The van der Waals surface area contributed by atoms with E-state index in [1.165, 1.54) is 7.11 Å². The van der Waals surface area contributed by atoms with Gasteiger partial charge in [0.05, 0.1) is 32.5 Å². The molecule has 2 heterocycles. The Morgan fingerprint density at radius 2 is 1.14 bits per heavy atom. The van der Waals surface area contributed by atoms with Gasteiger partial charge in [-0.25, -0.2) is 9.69 Å². The van der Waals surface area contributed by atoms with Crippen LogP contribution in [0.15, 0.2) is 81.8 Å². The van der Waals surface area contributed by atoms with E-state index in [1.54, 1.807) is 44.2 Å². The van der Waals surface area contributed by atoms with E-state index in [9.17, 15) is 14.7 Å². The first-order chi connectivity index (χ1) is 31.3. The summed E-state index contributed by atoms with van der Waals surface area (Å²) in [6.07, 6.45) is 3.24. The molecular weight excluding hydrogens is 829 g/mol. The van der Waals surface area contributed by atoms with E-state index in [0.29, 0.717) is 57.4 Å². The molecule has 0 spiro atoms. The molecule has 4 aromatic carbocycles. The van der Waals surface area contributed by atoms with Crippen LogP contribution >= 0.6 is 0 Å². The Labute approximate surface area is 377 Å². The number of nitrogens with one attached hydrogen (secondary N) is 2. The molecule has 8 rings (SSSR count). The van der Waals surface area contributed by atoms with E-state index in [-0.39, 0.29) is 30.3 Å². The second-order valence-corrected chi connectivity index (χ2v) is 16.3. The number of rotatable bonds is 14. The molecule has 0 fully saturated rings. The van der Waals surface area contributed by atoms with Gasteiger partial charge in [-0.2, -0.15) is 9.97 Å². The minimum absolute atomic E-state index is 0.0274. The van der Waals surface area contributed by atoms with Crippen LogP contribution in [0.3, 0.4) is 0 Å². The number of nitrogens with zero attached hydrogens (tertiary/aromatic N) is 6. The Bertz CT molecular complexity index is 2780. The van der Waals surface area contributed by atoms with Crippen molar-refractivity contribution < 1.29 is 38.0 Å². The summed E-state index contributed by atoms with van der Waals surface area (Å²) in [5.41, 5.74) is 8.29. The zero-order chi connectivity index (χ0) is 46.4. The predicted molar refractivity (Wildman–Crippen MR) is 241 cm³/mol. The van der Waals surface area contributed by atoms with Gasteiger partial charge in [0.25, 0.3) is 11.8 Å². The maximum Gasteiger partial charge on any atom is 0.322 e. The molecule has 2 aromatic heterocycles. The zero-order valence-corrected chi connectivity index (χ0v) is 37.2. The number of ether oxygens (including phenoxy) is 3. The molecule has 334 valence electrons. The van der Waals surface area contributed by atoms with Gasteiger partial charge in [-0.05, 0) is 126 Å². The van der Waals surface area contributed by atoms with Crippen molar-refractivity contribution in [2.45, 2.75) is 104 Å². The van der Waals surface area contributed by atoms with Crippen LogP contribution in [-0.2, 0) is 27.2 Å². The van der Waals surface area contributed by atoms with E-state index in [1.807, 2.05) is 64.1 Å². The van der Waals surface area contributed by atoms with Crippen molar-refractivity contribution in [2.75, 3.05) is 7.11 Å². The predicted octanol–water partition coefficient (Wildman–Crippen LogP) is 9.67. The number of carbonyl (C=O) groups excluding carboxylic acids is 1. The molecule has 3 N–H and O–H groups in total. The third-order valence-corrected chi connectivity index (χ3v) is 11.1. The number of carboxylic acid groups (broad SMARTS) is 1. The van der Waals surface area contributed by atoms with Crippen LogP contribution in [0.1, 0.15) is 88.7 Å². The molecule has 0 aliphatic heterocycles. The Hall–Kier alpha value is -7.40. The SMILES string of the molecule is [C-]#[N+]c1cc(-c2nc(-c3cccc4c3CC[C@@H]4N[C@@H](C)C(=O)O)no2)ccc1OC(C)C.[C-]#[N+]c1cc(-c2nc(-c3cccc4c3CC[C@@H]4N[C@@H](C)C(=O)OC)no2)ccc1OC(C)C. The second-order valence-electron chi connectivity index (χ2n) is 16.3. The lowest BCUT2D eigenvalue weighted by molar-refractivity contribution is -0.143. The lowest BCUT2D eigenvalue weighted by atomic mass is 10.0. The van der Waals surface area contributed by atoms with Gasteiger partial charge in [-0.1, -0.05) is 46.7 Å². The summed E-state index contributed by atoms with van der Waals surface area (Å²) in [6, 6.07) is 21.4. The number of aliphatic carboxylic acids is 1. The van der Waals surface area contributed by atoms with Crippen LogP contribution in [0, 0.1) is 13.1 Å². The molecule has 0 unspecified atom stereocenters. The summed E-state index contributed by atoms with van der Waals surface area (Å²) in [6.45, 7) is 26.0. The van der Waals surface area contributed by atoms with Gasteiger partial charge < -0.3 is 28.4 Å². The fraction of sp³-hybridized carbons (Fsp3) is 0.347. The molecule has 6 aromatic rings. The second kappa shape index (κ2) is 20.0. The summed E-state index contributed by atoms with van der Waals surface area (Å²) in [5.74, 6) is 1.53. The maximum absolute atomic E-state index is 11.8. The van der Waals surface area contributed by atoms with Crippen LogP contribution in [0.4, 0.5) is 11.4 Å². The number of esters is 1. The monoisotopic (exact) mass is 878 g/mol. The fourth-order valence-corrected chi connectivity index (χ4v) is 8.08. The highest BCUT2D eigenvalue weighted by molar-refractivity contribution is 5.76. The van der Waals surface area contributed by atoms with Crippen LogP contribution < -0.4 is 20.1 Å². The van der Waals surface area contributed by atoms with E-state index in [0.717, 1.165) is 59.1 Å². The Morgan fingerprint density at radius 1 is 0.692 bits per heavy atom. The third-order valence-electron chi connectivity index (χ3n) is 11.1. The first-order valence-corrected chi connectivity index (χ1v) is 21.4.